The lowest BCUT2D eigenvalue weighted by molar-refractivity contribution is -0.130. The van der Waals surface area contributed by atoms with Crippen molar-refractivity contribution in [3.63, 3.8) is 0 Å². The third-order valence-electron chi connectivity index (χ3n) is 5.56. The maximum Gasteiger partial charge on any atom is 0.264 e. The van der Waals surface area contributed by atoms with Crippen LogP contribution in [0, 0.1) is 6.92 Å². The minimum Gasteiger partial charge on any atom is -0.352 e. The van der Waals surface area contributed by atoms with Crippen LogP contribution in [0.15, 0.2) is 41.6 Å². The Kier molecular flexibility index (Phi) is 7.14. The molecule has 1 saturated heterocycles. The summed E-state index contributed by atoms with van der Waals surface area (Å²) >= 11 is 0. The molecule has 2 aliphatic heterocycles. The molecular weight excluding hydrogens is 404 g/mol. The van der Waals surface area contributed by atoms with Gasteiger partial charge in [0.05, 0.1) is 11.3 Å². The lowest BCUT2D eigenvalue weighted by atomic mass is 9.94. The van der Waals surface area contributed by atoms with Crippen LogP contribution in [0.5, 0.6) is 0 Å². The summed E-state index contributed by atoms with van der Waals surface area (Å²) < 4.78 is 27.2. The zero-order valence-corrected chi connectivity index (χ0v) is 18.2. The number of hydrogen-bond donors (Lipinski definition) is 3. The van der Waals surface area contributed by atoms with Crippen molar-refractivity contribution < 1.29 is 18.0 Å². The molecule has 2 aliphatic rings. The first-order valence-corrected chi connectivity index (χ1v) is 11.9. The maximum atomic E-state index is 13.1. The first-order valence-electron chi connectivity index (χ1n) is 10.4. The SMILES string of the molecule is CCCC1NCCCC1NC(=O)C[C@@H]1C(=O)NC=CN1S(=O)(=O)c1ccc(C)cc1. The van der Waals surface area contributed by atoms with Gasteiger partial charge >= 0.3 is 0 Å². The molecule has 164 valence electrons. The average molecular weight is 435 g/mol. The van der Waals surface area contributed by atoms with E-state index >= 15 is 0 Å². The normalized spacial score (nSPS) is 24.4. The van der Waals surface area contributed by atoms with Crippen molar-refractivity contribution in [2.24, 2.45) is 0 Å². The molecule has 0 radical (unpaired) electrons. The molecule has 0 aromatic heterocycles. The van der Waals surface area contributed by atoms with Gasteiger partial charge in [-0.15, -0.1) is 0 Å². The number of nitrogens with zero attached hydrogens (tertiary/aromatic N) is 1. The van der Waals surface area contributed by atoms with Gasteiger partial charge in [0.1, 0.15) is 6.04 Å². The van der Waals surface area contributed by atoms with Gasteiger partial charge in [-0.3, -0.25) is 13.9 Å². The van der Waals surface area contributed by atoms with E-state index in [0.29, 0.717) is 0 Å². The Labute approximate surface area is 178 Å². The van der Waals surface area contributed by atoms with Crippen LogP contribution in [0.25, 0.3) is 0 Å². The number of sulfonamides is 1. The molecule has 2 amide bonds. The predicted octanol–water partition coefficient (Wildman–Crippen LogP) is 1.38. The Morgan fingerprint density at radius 3 is 2.70 bits per heavy atom. The van der Waals surface area contributed by atoms with E-state index in [-0.39, 0.29) is 29.3 Å². The molecule has 9 heteroatoms. The second kappa shape index (κ2) is 9.61. The summed E-state index contributed by atoms with van der Waals surface area (Å²) in [5.74, 6) is -0.848. The smallest absolute Gasteiger partial charge is 0.264 e. The first kappa shape index (κ1) is 22.3. The number of nitrogens with one attached hydrogen (secondary N) is 3. The van der Waals surface area contributed by atoms with E-state index in [9.17, 15) is 18.0 Å². The van der Waals surface area contributed by atoms with Crippen LogP contribution in [0.3, 0.4) is 0 Å². The number of benzene rings is 1. The van der Waals surface area contributed by atoms with E-state index in [1.54, 1.807) is 12.1 Å². The molecule has 1 fully saturated rings. The van der Waals surface area contributed by atoms with Crippen LogP contribution >= 0.6 is 0 Å². The average Bonchev–Trinajstić information content (AvgIpc) is 2.71. The number of hydrogen-bond acceptors (Lipinski definition) is 5. The minimum atomic E-state index is -3.97. The Hall–Kier alpha value is -2.39. The van der Waals surface area contributed by atoms with Gasteiger partial charge in [0, 0.05) is 24.5 Å². The van der Waals surface area contributed by atoms with Gasteiger partial charge in [0.2, 0.25) is 11.8 Å². The van der Waals surface area contributed by atoms with Gasteiger partial charge < -0.3 is 16.0 Å². The molecule has 0 spiro atoms. The molecule has 2 heterocycles. The third-order valence-corrected chi connectivity index (χ3v) is 7.36. The fraction of sp³-hybridized carbons (Fsp3) is 0.524. The highest BCUT2D eigenvalue weighted by Crippen LogP contribution is 2.23. The summed E-state index contributed by atoms with van der Waals surface area (Å²) in [4.78, 5) is 25.3. The van der Waals surface area contributed by atoms with Crippen LogP contribution < -0.4 is 16.0 Å². The van der Waals surface area contributed by atoms with Crippen LogP contribution in [0.4, 0.5) is 0 Å². The maximum absolute atomic E-state index is 13.1. The summed E-state index contributed by atoms with van der Waals surface area (Å²) in [6.45, 7) is 4.89. The molecule has 0 bridgehead atoms. The van der Waals surface area contributed by atoms with E-state index in [4.69, 9.17) is 0 Å². The fourth-order valence-corrected chi connectivity index (χ4v) is 5.40. The lowest BCUT2D eigenvalue weighted by Gasteiger charge is -2.35. The van der Waals surface area contributed by atoms with Crippen molar-refractivity contribution in [3.8, 4) is 0 Å². The van der Waals surface area contributed by atoms with E-state index in [1.165, 1.54) is 24.5 Å². The Morgan fingerprint density at radius 1 is 1.27 bits per heavy atom. The molecule has 0 saturated carbocycles. The second-order valence-corrected chi connectivity index (χ2v) is 9.70. The molecule has 2 unspecified atom stereocenters. The van der Waals surface area contributed by atoms with E-state index < -0.39 is 22.0 Å². The quantitative estimate of drug-likeness (QED) is 0.601. The van der Waals surface area contributed by atoms with E-state index in [2.05, 4.69) is 22.9 Å². The monoisotopic (exact) mass is 434 g/mol. The molecule has 3 rings (SSSR count). The van der Waals surface area contributed by atoms with Gasteiger partial charge in [-0.2, -0.15) is 0 Å². The van der Waals surface area contributed by atoms with Crippen molar-refractivity contribution in [2.75, 3.05) is 6.54 Å². The van der Waals surface area contributed by atoms with Gasteiger partial charge in [-0.1, -0.05) is 31.0 Å². The highest BCUT2D eigenvalue weighted by Gasteiger charge is 2.37. The molecule has 0 aliphatic carbocycles. The van der Waals surface area contributed by atoms with Crippen LogP contribution in [-0.4, -0.2) is 49.2 Å². The molecule has 8 nitrogen and oxygen atoms in total. The van der Waals surface area contributed by atoms with Crippen LogP contribution in [0.2, 0.25) is 0 Å². The van der Waals surface area contributed by atoms with Gasteiger partial charge in [0.15, 0.2) is 0 Å². The molecule has 3 atom stereocenters. The number of amides is 2. The van der Waals surface area contributed by atoms with Gasteiger partial charge in [0.25, 0.3) is 10.0 Å². The fourth-order valence-electron chi connectivity index (χ4n) is 3.95. The molecular formula is C21H30N4O4S. The molecule has 3 N–H and O–H groups in total. The first-order chi connectivity index (χ1) is 14.3. The Bertz CT molecular complexity index is 896. The lowest BCUT2D eigenvalue weighted by Crippen LogP contribution is -2.55. The standard InChI is InChI=1S/C21H30N4O4S/c1-3-5-17-18(6-4-11-22-17)24-20(26)14-19-21(27)23-12-13-25(19)30(28,29)16-9-7-15(2)8-10-16/h7-10,12-13,17-19,22H,3-6,11,14H2,1-2H3,(H,23,27)(H,24,26)/t17?,18?,19-/m1/s1. The van der Waals surface area contributed by atoms with Gasteiger partial charge in [-0.25, -0.2) is 8.42 Å². The molecule has 1 aromatic rings. The van der Waals surface area contributed by atoms with E-state index in [0.717, 1.165) is 42.1 Å². The van der Waals surface area contributed by atoms with Crippen LogP contribution in [-0.2, 0) is 19.6 Å². The summed E-state index contributed by atoms with van der Waals surface area (Å²) in [6, 6.07) is 5.45. The van der Waals surface area contributed by atoms with E-state index in [1.807, 2.05) is 6.92 Å². The highest BCUT2D eigenvalue weighted by atomic mass is 32.2. The number of carbonyl (C=O) groups excluding carboxylic acids is 2. The number of aryl methyl sites for hydroxylation is 1. The Balaban J connectivity index is 1.75. The van der Waals surface area contributed by atoms with Crippen molar-refractivity contribution in [1.29, 1.82) is 0 Å². The zero-order valence-electron chi connectivity index (χ0n) is 17.4. The zero-order chi connectivity index (χ0) is 21.7. The van der Waals surface area contributed by atoms with Crippen molar-refractivity contribution >= 4 is 21.8 Å². The minimum absolute atomic E-state index is 0.0180. The van der Waals surface area contributed by atoms with Gasteiger partial charge in [-0.05, 0) is 44.9 Å². The third kappa shape index (κ3) is 5.02. The summed E-state index contributed by atoms with van der Waals surface area (Å²) in [7, 11) is -3.97. The Morgan fingerprint density at radius 2 is 2.00 bits per heavy atom. The largest absolute Gasteiger partial charge is 0.352 e. The highest BCUT2D eigenvalue weighted by molar-refractivity contribution is 7.89. The molecule has 30 heavy (non-hydrogen) atoms. The summed E-state index contributed by atoms with van der Waals surface area (Å²) in [5.41, 5.74) is 0.930. The topological polar surface area (TPSA) is 108 Å². The summed E-state index contributed by atoms with van der Waals surface area (Å²) in [5, 5.41) is 8.96. The van der Waals surface area contributed by atoms with Crippen LogP contribution in [0.1, 0.15) is 44.6 Å². The summed E-state index contributed by atoms with van der Waals surface area (Å²) in [6.07, 6.45) is 6.13. The number of rotatable bonds is 7. The predicted molar refractivity (Wildman–Crippen MR) is 114 cm³/mol. The van der Waals surface area contributed by atoms with Crippen molar-refractivity contribution in [3.05, 3.63) is 42.2 Å². The van der Waals surface area contributed by atoms with Crippen molar-refractivity contribution in [2.45, 2.75) is 69.0 Å². The molecule has 1 aromatic carbocycles. The number of piperidine rings is 1. The second-order valence-electron chi connectivity index (χ2n) is 7.86. The number of carbonyl (C=O) groups is 2. The van der Waals surface area contributed by atoms with Crippen molar-refractivity contribution in [1.82, 2.24) is 20.3 Å².